The Morgan fingerprint density at radius 3 is 2.72 bits per heavy atom. The number of nitrogens with zero attached hydrogens (tertiary/aromatic N) is 3. The van der Waals surface area contributed by atoms with Gasteiger partial charge in [0.05, 0.1) is 17.7 Å². The maximum Gasteiger partial charge on any atom is 0.275 e. The van der Waals surface area contributed by atoms with Crippen LogP contribution in [0, 0.1) is 6.92 Å². The second-order valence-electron chi connectivity index (χ2n) is 6.92. The number of rotatable bonds is 6. The Hall–Kier alpha value is -3.45. The fourth-order valence-electron chi connectivity index (χ4n) is 3.51. The van der Waals surface area contributed by atoms with Gasteiger partial charge in [-0.15, -0.1) is 0 Å². The molecule has 2 aromatic carbocycles. The van der Waals surface area contributed by atoms with Gasteiger partial charge in [-0.2, -0.15) is 5.10 Å². The Balaban J connectivity index is 1.53. The number of anilines is 1. The van der Waals surface area contributed by atoms with E-state index in [1.807, 2.05) is 55.6 Å². The molecule has 0 saturated heterocycles. The molecule has 7 nitrogen and oxygen atoms in total. The SMILES string of the molecule is COCCn1ccc2cc(NC(=O)Cn3nc(C)c4ccccc4c3=O)ccc21. The van der Waals surface area contributed by atoms with Gasteiger partial charge < -0.3 is 14.6 Å². The largest absolute Gasteiger partial charge is 0.383 e. The predicted molar refractivity (Wildman–Crippen MR) is 113 cm³/mol. The molecule has 148 valence electrons. The molecule has 0 aliphatic carbocycles. The summed E-state index contributed by atoms with van der Waals surface area (Å²) in [7, 11) is 1.68. The predicted octanol–water partition coefficient (Wildman–Crippen LogP) is 2.94. The van der Waals surface area contributed by atoms with E-state index in [1.54, 1.807) is 13.2 Å². The van der Waals surface area contributed by atoms with Crippen molar-refractivity contribution in [1.82, 2.24) is 14.3 Å². The van der Waals surface area contributed by atoms with Crippen molar-refractivity contribution in [3.05, 3.63) is 70.8 Å². The Morgan fingerprint density at radius 2 is 1.93 bits per heavy atom. The highest BCUT2D eigenvalue weighted by Gasteiger charge is 2.11. The van der Waals surface area contributed by atoms with E-state index in [-0.39, 0.29) is 18.0 Å². The van der Waals surface area contributed by atoms with E-state index in [2.05, 4.69) is 15.0 Å². The second-order valence-corrected chi connectivity index (χ2v) is 6.92. The molecule has 2 heterocycles. The van der Waals surface area contributed by atoms with Crippen LogP contribution in [0.2, 0.25) is 0 Å². The van der Waals surface area contributed by atoms with Gasteiger partial charge in [-0.3, -0.25) is 9.59 Å². The van der Waals surface area contributed by atoms with Gasteiger partial charge in [-0.1, -0.05) is 18.2 Å². The van der Waals surface area contributed by atoms with Crippen molar-refractivity contribution < 1.29 is 9.53 Å². The zero-order valence-electron chi connectivity index (χ0n) is 16.4. The summed E-state index contributed by atoms with van der Waals surface area (Å²) in [5.74, 6) is -0.299. The number of aromatic nitrogens is 3. The highest BCUT2D eigenvalue weighted by molar-refractivity contribution is 5.94. The van der Waals surface area contributed by atoms with Crippen LogP contribution in [0.5, 0.6) is 0 Å². The van der Waals surface area contributed by atoms with Gasteiger partial charge in [0.2, 0.25) is 5.91 Å². The van der Waals surface area contributed by atoms with Crippen LogP contribution in [0.3, 0.4) is 0 Å². The summed E-state index contributed by atoms with van der Waals surface area (Å²) in [6.07, 6.45) is 2.00. The molecule has 4 rings (SSSR count). The van der Waals surface area contributed by atoms with E-state index in [0.717, 1.165) is 22.8 Å². The van der Waals surface area contributed by atoms with Gasteiger partial charge >= 0.3 is 0 Å². The lowest BCUT2D eigenvalue weighted by atomic mass is 10.1. The van der Waals surface area contributed by atoms with Crippen LogP contribution in [0.4, 0.5) is 5.69 Å². The molecule has 0 bridgehead atoms. The third kappa shape index (κ3) is 3.77. The van der Waals surface area contributed by atoms with Gasteiger partial charge in [0, 0.05) is 41.8 Å². The van der Waals surface area contributed by atoms with Crippen molar-refractivity contribution in [3.63, 3.8) is 0 Å². The molecule has 0 unspecified atom stereocenters. The number of nitrogens with one attached hydrogen (secondary N) is 1. The first-order valence-electron chi connectivity index (χ1n) is 9.41. The van der Waals surface area contributed by atoms with Crippen LogP contribution in [0.25, 0.3) is 21.7 Å². The summed E-state index contributed by atoms with van der Waals surface area (Å²) in [6, 6.07) is 15.0. The first-order valence-corrected chi connectivity index (χ1v) is 9.41. The molecular formula is C22H22N4O3. The first kappa shape index (κ1) is 18.9. The van der Waals surface area contributed by atoms with Gasteiger partial charge in [0.1, 0.15) is 6.54 Å². The summed E-state index contributed by atoms with van der Waals surface area (Å²) in [6.45, 7) is 3.09. The minimum Gasteiger partial charge on any atom is -0.383 e. The smallest absolute Gasteiger partial charge is 0.275 e. The van der Waals surface area contributed by atoms with Crippen LogP contribution in [-0.4, -0.2) is 34.0 Å². The molecule has 0 aliphatic heterocycles. The van der Waals surface area contributed by atoms with Gasteiger partial charge in [0.15, 0.2) is 0 Å². The number of hydrogen-bond acceptors (Lipinski definition) is 4. The van der Waals surface area contributed by atoms with E-state index < -0.39 is 0 Å². The molecular weight excluding hydrogens is 368 g/mol. The summed E-state index contributed by atoms with van der Waals surface area (Å²) in [5, 5.41) is 9.54. The van der Waals surface area contributed by atoms with Crippen LogP contribution in [-0.2, 0) is 22.6 Å². The highest BCUT2D eigenvalue weighted by atomic mass is 16.5. The Kier molecular flexibility index (Phi) is 5.14. The number of benzene rings is 2. The fourth-order valence-corrected chi connectivity index (χ4v) is 3.51. The number of carbonyl (C=O) groups excluding carboxylic acids is 1. The lowest BCUT2D eigenvalue weighted by Gasteiger charge is -2.10. The molecule has 0 spiro atoms. The molecule has 29 heavy (non-hydrogen) atoms. The van der Waals surface area contributed by atoms with Crippen molar-refractivity contribution in [1.29, 1.82) is 0 Å². The normalized spacial score (nSPS) is 11.2. The third-order valence-electron chi connectivity index (χ3n) is 4.94. The topological polar surface area (TPSA) is 78.2 Å². The van der Waals surface area contributed by atoms with Crippen molar-refractivity contribution in [2.24, 2.45) is 0 Å². The van der Waals surface area contributed by atoms with E-state index in [4.69, 9.17) is 4.74 Å². The monoisotopic (exact) mass is 390 g/mol. The summed E-state index contributed by atoms with van der Waals surface area (Å²) >= 11 is 0. The van der Waals surface area contributed by atoms with Crippen molar-refractivity contribution >= 4 is 33.3 Å². The average molecular weight is 390 g/mol. The molecule has 0 aliphatic rings. The minimum atomic E-state index is -0.299. The van der Waals surface area contributed by atoms with Gasteiger partial charge in [0.25, 0.3) is 5.56 Å². The summed E-state index contributed by atoms with van der Waals surface area (Å²) < 4.78 is 8.45. The molecule has 0 radical (unpaired) electrons. The standard InChI is InChI=1S/C22H22N4O3/c1-15-18-5-3-4-6-19(18)22(28)26(24-15)14-21(27)23-17-7-8-20-16(13-17)9-10-25(20)11-12-29-2/h3-10,13H,11-12,14H2,1-2H3,(H,23,27). The molecule has 2 aromatic heterocycles. The Labute approximate surface area is 167 Å². The van der Waals surface area contributed by atoms with Gasteiger partial charge in [-0.25, -0.2) is 4.68 Å². The lowest BCUT2D eigenvalue weighted by molar-refractivity contribution is -0.117. The molecule has 7 heteroatoms. The molecule has 0 atom stereocenters. The molecule has 1 N–H and O–H groups in total. The molecule has 0 fully saturated rings. The number of hydrogen-bond donors (Lipinski definition) is 1. The Bertz CT molecular complexity index is 1260. The molecule has 0 saturated carbocycles. The van der Waals surface area contributed by atoms with Crippen LogP contribution < -0.4 is 10.9 Å². The first-order chi connectivity index (χ1) is 14.1. The zero-order chi connectivity index (χ0) is 20.4. The van der Waals surface area contributed by atoms with Crippen LogP contribution >= 0.6 is 0 Å². The highest BCUT2D eigenvalue weighted by Crippen LogP contribution is 2.20. The fraction of sp³-hybridized carbons (Fsp3) is 0.227. The quantitative estimate of drug-likeness (QED) is 0.549. The maximum atomic E-state index is 12.6. The van der Waals surface area contributed by atoms with E-state index >= 15 is 0 Å². The second kappa shape index (κ2) is 7.89. The Morgan fingerprint density at radius 1 is 1.14 bits per heavy atom. The molecule has 4 aromatic rings. The summed E-state index contributed by atoms with van der Waals surface area (Å²) in [4.78, 5) is 25.2. The van der Waals surface area contributed by atoms with Gasteiger partial charge in [-0.05, 0) is 37.3 Å². The van der Waals surface area contributed by atoms with E-state index in [0.29, 0.717) is 23.4 Å². The number of fused-ring (bicyclic) bond motifs is 2. The maximum absolute atomic E-state index is 12.6. The van der Waals surface area contributed by atoms with E-state index in [9.17, 15) is 9.59 Å². The van der Waals surface area contributed by atoms with Crippen molar-refractivity contribution in [2.45, 2.75) is 20.0 Å². The van der Waals surface area contributed by atoms with Crippen LogP contribution in [0.1, 0.15) is 5.69 Å². The number of carbonyl (C=O) groups is 1. The zero-order valence-corrected chi connectivity index (χ0v) is 16.4. The van der Waals surface area contributed by atoms with E-state index in [1.165, 1.54) is 4.68 Å². The number of methoxy groups -OCH3 is 1. The number of ether oxygens (including phenoxy) is 1. The van der Waals surface area contributed by atoms with Crippen molar-refractivity contribution in [3.8, 4) is 0 Å². The van der Waals surface area contributed by atoms with Crippen molar-refractivity contribution in [2.75, 3.05) is 19.0 Å². The average Bonchev–Trinajstić information content (AvgIpc) is 3.12. The van der Waals surface area contributed by atoms with Crippen LogP contribution in [0.15, 0.2) is 59.5 Å². The third-order valence-corrected chi connectivity index (χ3v) is 4.94. The lowest BCUT2D eigenvalue weighted by Crippen LogP contribution is -2.30. The molecule has 1 amide bonds. The summed E-state index contributed by atoms with van der Waals surface area (Å²) in [5.41, 5.74) is 2.19. The number of aryl methyl sites for hydroxylation is 1. The number of amides is 1. The minimum absolute atomic E-state index is 0.141.